The zero-order valence-corrected chi connectivity index (χ0v) is 19.4. The Morgan fingerprint density at radius 3 is 2.55 bits per heavy atom. The van der Waals surface area contributed by atoms with Crippen LogP contribution >= 0.6 is 11.3 Å². The second-order valence-corrected chi connectivity index (χ2v) is 10.0. The minimum absolute atomic E-state index is 0.0326. The largest absolute Gasteiger partial charge is 0.596 e. The lowest BCUT2D eigenvalue weighted by molar-refractivity contribution is -0.817. The number of amides is 1. The van der Waals surface area contributed by atoms with Crippen LogP contribution in [0.1, 0.15) is 81.1 Å². The lowest BCUT2D eigenvalue weighted by Gasteiger charge is -2.42. The van der Waals surface area contributed by atoms with Crippen molar-refractivity contribution in [2.45, 2.75) is 71.4 Å². The molecule has 1 fully saturated rings. The fraction of sp³-hybridized carbons (Fsp3) is 0.522. The molecule has 1 amide bonds. The molecule has 0 aromatic carbocycles. The Kier molecular flexibility index (Phi) is 7.13. The van der Waals surface area contributed by atoms with Crippen LogP contribution in [0.15, 0.2) is 35.8 Å². The summed E-state index contributed by atoms with van der Waals surface area (Å²) in [5.74, 6) is 0.000419. The zero-order valence-electron chi connectivity index (χ0n) is 18.6. The maximum Gasteiger partial charge on any atom is 0.542 e. The molecule has 2 unspecified atom stereocenters. The summed E-state index contributed by atoms with van der Waals surface area (Å²) in [5.41, 5.74) is 2.24. The van der Waals surface area contributed by atoms with E-state index in [0.717, 1.165) is 37.0 Å². The van der Waals surface area contributed by atoms with Gasteiger partial charge in [0.2, 0.25) is 0 Å². The molecule has 1 N–H and O–H groups in total. The first-order valence-electron chi connectivity index (χ1n) is 10.8. The summed E-state index contributed by atoms with van der Waals surface area (Å²) in [4.78, 5) is 31.3. The van der Waals surface area contributed by atoms with Gasteiger partial charge >= 0.3 is 6.09 Å². The van der Waals surface area contributed by atoms with Crippen molar-refractivity contribution < 1.29 is 19.1 Å². The summed E-state index contributed by atoms with van der Waals surface area (Å²) in [6.45, 7) is 6.80. The number of thiophene rings is 1. The number of Topliss-reactive ketones (excluding diaryl/α,β-unsaturated/α-hetero) is 1. The maximum absolute atomic E-state index is 14.0. The van der Waals surface area contributed by atoms with Gasteiger partial charge in [0, 0.05) is 12.1 Å². The average molecular weight is 446 g/mol. The highest BCUT2D eigenvalue weighted by Crippen LogP contribution is 2.35. The number of hydrogen-bond donors (Lipinski definition) is 1. The molecular formula is C23H31N3O4S. The summed E-state index contributed by atoms with van der Waals surface area (Å²) < 4.78 is 3.96. The lowest BCUT2D eigenvalue weighted by atomic mass is 9.84. The van der Waals surface area contributed by atoms with Crippen molar-refractivity contribution in [2.24, 2.45) is 5.92 Å². The summed E-state index contributed by atoms with van der Waals surface area (Å²) in [6, 6.07) is 6.18. The molecule has 1 aliphatic rings. The SMILES string of the molecule is CC(c1cccs1)[N+]([O-])(Nc1ncccc1C(=O)C1CCCCC1)C(=O)OC(C)(C)C. The third-order valence-electron chi connectivity index (χ3n) is 5.49. The topological polar surface area (TPSA) is 91.4 Å². The van der Waals surface area contributed by atoms with E-state index in [2.05, 4.69) is 10.4 Å². The molecule has 3 rings (SSSR count). The number of ether oxygens (including phenoxy) is 1. The Labute approximate surface area is 187 Å². The van der Waals surface area contributed by atoms with Crippen LogP contribution in [0.4, 0.5) is 10.6 Å². The molecule has 7 nitrogen and oxygen atoms in total. The molecule has 31 heavy (non-hydrogen) atoms. The van der Waals surface area contributed by atoms with Gasteiger partial charge in [0.15, 0.2) is 17.6 Å². The van der Waals surface area contributed by atoms with Gasteiger partial charge < -0.3 is 9.94 Å². The second kappa shape index (κ2) is 9.46. The normalized spacial score (nSPS) is 18.1. The molecule has 2 heterocycles. The lowest BCUT2D eigenvalue weighted by Crippen LogP contribution is -2.55. The number of hydrogen-bond acceptors (Lipinski definition) is 7. The van der Waals surface area contributed by atoms with Crippen LogP contribution in [0, 0.1) is 11.1 Å². The quantitative estimate of drug-likeness (QED) is 0.321. The van der Waals surface area contributed by atoms with E-state index >= 15 is 0 Å². The minimum atomic E-state index is -1.50. The Balaban J connectivity index is 1.96. The zero-order chi connectivity index (χ0) is 22.6. The number of hydroxylamine groups is 2. The fourth-order valence-electron chi connectivity index (χ4n) is 3.77. The molecule has 0 saturated heterocycles. The average Bonchev–Trinajstić information content (AvgIpc) is 3.27. The highest BCUT2D eigenvalue weighted by Gasteiger charge is 2.42. The monoisotopic (exact) mass is 445 g/mol. The molecule has 2 aromatic heterocycles. The maximum atomic E-state index is 14.0. The highest BCUT2D eigenvalue weighted by molar-refractivity contribution is 7.10. The Bertz CT molecular complexity index is 904. The van der Waals surface area contributed by atoms with Crippen molar-refractivity contribution in [2.75, 3.05) is 5.43 Å². The molecule has 2 atom stereocenters. The number of ketones is 1. The first-order valence-corrected chi connectivity index (χ1v) is 11.6. The summed E-state index contributed by atoms with van der Waals surface area (Å²) >= 11 is 1.39. The minimum Gasteiger partial charge on any atom is -0.596 e. The molecular weight excluding hydrogens is 414 g/mol. The van der Waals surface area contributed by atoms with E-state index in [-0.39, 0.29) is 17.5 Å². The first kappa shape index (κ1) is 23.4. The summed E-state index contributed by atoms with van der Waals surface area (Å²) in [6.07, 6.45) is 5.39. The number of nitrogens with one attached hydrogen (secondary N) is 1. The van der Waals surface area contributed by atoms with Crippen molar-refractivity contribution >= 4 is 29.0 Å². The molecule has 1 saturated carbocycles. The van der Waals surface area contributed by atoms with Crippen molar-refractivity contribution in [3.05, 3.63) is 51.5 Å². The van der Waals surface area contributed by atoms with Gasteiger partial charge in [-0.2, -0.15) is 4.79 Å². The molecule has 0 radical (unpaired) electrons. The number of anilines is 1. The highest BCUT2D eigenvalue weighted by atomic mass is 32.1. The van der Waals surface area contributed by atoms with Crippen LogP contribution in [0.5, 0.6) is 0 Å². The van der Waals surface area contributed by atoms with E-state index in [1.165, 1.54) is 17.5 Å². The standard InChI is InChI=1S/C23H31N3O4S/c1-16(19-13-9-15-31-19)26(29,22(28)30-23(2,3)4)25-21-18(12-8-14-24-21)20(27)17-10-6-5-7-11-17/h8-9,12-17H,5-7,10-11H2,1-4H3,(H,24,25). The van der Waals surface area contributed by atoms with Crippen molar-refractivity contribution in [3.8, 4) is 0 Å². The van der Waals surface area contributed by atoms with Crippen molar-refractivity contribution in [3.63, 3.8) is 0 Å². The van der Waals surface area contributed by atoms with Crippen LogP contribution in [0.2, 0.25) is 0 Å². The number of nitrogens with zero attached hydrogens (tertiary/aromatic N) is 2. The van der Waals surface area contributed by atoms with Crippen LogP contribution in [-0.4, -0.2) is 27.2 Å². The number of carbonyl (C=O) groups is 2. The summed E-state index contributed by atoms with van der Waals surface area (Å²) in [5, 5.41) is 15.9. The molecule has 0 bridgehead atoms. The Morgan fingerprint density at radius 1 is 1.23 bits per heavy atom. The van der Waals surface area contributed by atoms with E-state index < -0.39 is 22.5 Å². The van der Waals surface area contributed by atoms with Crippen LogP contribution in [0.25, 0.3) is 0 Å². The Hall–Kier alpha value is -2.29. The second-order valence-electron chi connectivity index (χ2n) is 9.04. The van der Waals surface area contributed by atoms with Gasteiger partial charge in [-0.3, -0.25) is 4.79 Å². The molecule has 8 heteroatoms. The van der Waals surface area contributed by atoms with E-state index in [4.69, 9.17) is 4.74 Å². The van der Waals surface area contributed by atoms with Gasteiger partial charge in [0.25, 0.3) is 0 Å². The van der Waals surface area contributed by atoms with Crippen LogP contribution < -0.4 is 5.43 Å². The van der Waals surface area contributed by atoms with Crippen LogP contribution in [0.3, 0.4) is 0 Å². The number of carbonyl (C=O) groups excluding carboxylic acids is 2. The van der Waals surface area contributed by atoms with Gasteiger partial charge in [-0.05, 0) is 64.1 Å². The molecule has 1 aliphatic carbocycles. The van der Waals surface area contributed by atoms with Gasteiger partial charge in [0.1, 0.15) is 5.60 Å². The van der Waals surface area contributed by atoms with E-state index in [0.29, 0.717) is 5.56 Å². The van der Waals surface area contributed by atoms with E-state index in [1.807, 2.05) is 11.4 Å². The van der Waals surface area contributed by atoms with Gasteiger partial charge in [-0.1, -0.05) is 25.3 Å². The van der Waals surface area contributed by atoms with Gasteiger partial charge in [0.05, 0.1) is 10.4 Å². The fourth-order valence-corrected chi connectivity index (χ4v) is 4.59. The summed E-state index contributed by atoms with van der Waals surface area (Å²) in [7, 11) is 0. The number of quaternary nitrogens is 1. The van der Waals surface area contributed by atoms with Crippen molar-refractivity contribution in [1.29, 1.82) is 0 Å². The molecule has 0 aliphatic heterocycles. The predicted molar refractivity (Wildman–Crippen MR) is 121 cm³/mol. The van der Waals surface area contributed by atoms with Gasteiger partial charge in [-0.25, -0.2) is 10.4 Å². The van der Waals surface area contributed by atoms with E-state index in [1.54, 1.807) is 45.9 Å². The third-order valence-corrected chi connectivity index (χ3v) is 6.53. The molecule has 0 spiro atoms. The number of rotatable bonds is 6. The smallest absolute Gasteiger partial charge is 0.542 e. The van der Waals surface area contributed by atoms with Crippen molar-refractivity contribution in [1.82, 2.24) is 4.98 Å². The van der Waals surface area contributed by atoms with Gasteiger partial charge in [-0.15, -0.1) is 16.1 Å². The van der Waals surface area contributed by atoms with Crippen LogP contribution in [-0.2, 0) is 4.74 Å². The Morgan fingerprint density at radius 2 is 1.94 bits per heavy atom. The first-order chi connectivity index (χ1) is 14.6. The van der Waals surface area contributed by atoms with E-state index in [9.17, 15) is 14.8 Å². The molecule has 168 valence electrons. The number of pyridine rings is 1. The number of aromatic nitrogens is 1. The predicted octanol–water partition coefficient (Wildman–Crippen LogP) is 6.24. The third kappa shape index (κ3) is 5.50. The molecule has 2 aromatic rings.